The summed E-state index contributed by atoms with van der Waals surface area (Å²) in [5, 5.41) is 9.13. The van der Waals surface area contributed by atoms with Gasteiger partial charge in [-0.25, -0.2) is 9.29 Å². The van der Waals surface area contributed by atoms with Crippen molar-refractivity contribution in [1.29, 1.82) is 5.26 Å². The van der Waals surface area contributed by atoms with Crippen LogP contribution in [0.4, 0.5) is 10.1 Å². The van der Waals surface area contributed by atoms with Gasteiger partial charge in [0.1, 0.15) is 17.6 Å². The number of rotatable bonds is 3. The lowest BCUT2D eigenvalue weighted by atomic mass is 9.93. The Labute approximate surface area is 139 Å². The number of anilines is 1. The number of imide groups is 1. The van der Waals surface area contributed by atoms with E-state index in [1.807, 2.05) is 6.07 Å². The molecule has 24 heavy (non-hydrogen) atoms. The number of hydrogen-bond donors (Lipinski definition) is 0. The molecular formula is C18H17FN2O3. The highest BCUT2D eigenvalue weighted by atomic mass is 19.1. The van der Waals surface area contributed by atoms with E-state index in [9.17, 15) is 14.0 Å². The second kappa shape index (κ2) is 6.08. The maximum Gasteiger partial charge on any atom is 0.261 e. The number of halogens is 1. The summed E-state index contributed by atoms with van der Waals surface area (Å²) >= 11 is 0. The van der Waals surface area contributed by atoms with E-state index in [2.05, 4.69) is 0 Å². The summed E-state index contributed by atoms with van der Waals surface area (Å²) in [6.07, 6.45) is 2.56. The zero-order valence-corrected chi connectivity index (χ0v) is 13.6. The van der Waals surface area contributed by atoms with Gasteiger partial charge in [0, 0.05) is 17.2 Å². The van der Waals surface area contributed by atoms with Gasteiger partial charge in [0.2, 0.25) is 0 Å². The van der Waals surface area contributed by atoms with E-state index in [1.165, 1.54) is 6.07 Å². The molecule has 0 unspecified atom stereocenters. The van der Waals surface area contributed by atoms with E-state index >= 15 is 0 Å². The summed E-state index contributed by atoms with van der Waals surface area (Å²) in [6, 6.07) is 4.14. The van der Waals surface area contributed by atoms with Crippen LogP contribution in [-0.2, 0) is 9.59 Å². The van der Waals surface area contributed by atoms with Gasteiger partial charge < -0.3 is 4.74 Å². The van der Waals surface area contributed by atoms with Crippen molar-refractivity contribution in [3.05, 3.63) is 34.7 Å². The van der Waals surface area contributed by atoms with Gasteiger partial charge in [-0.05, 0) is 45.6 Å². The average Bonchev–Trinajstić information content (AvgIpc) is 2.80. The predicted molar refractivity (Wildman–Crippen MR) is 84.9 cm³/mol. The first-order valence-electron chi connectivity index (χ1n) is 7.95. The van der Waals surface area contributed by atoms with Gasteiger partial charge in [-0.3, -0.25) is 9.59 Å². The second-order valence-corrected chi connectivity index (χ2v) is 6.19. The Morgan fingerprint density at radius 3 is 2.25 bits per heavy atom. The van der Waals surface area contributed by atoms with Gasteiger partial charge in [-0.15, -0.1) is 0 Å². The maximum atomic E-state index is 14.5. The van der Waals surface area contributed by atoms with Crippen LogP contribution in [0.15, 0.2) is 23.3 Å². The number of ether oxygens (including phenoxy) is 1. The third-order valence-electron chi connectivity index (χ3n) is 4.16. The fourth-order valence-corrected chi connectivity index (χ4v) is 3.11. The molecule has 2 amide bonds. The van der Waals surface area contributed by atoms with Crippen LogP contribution in [0.2, 0.25) is 0 Å². The van der Waals surface area contributed by atoms with Crippen LogP contribution in [0.3, 0.4) is 0 Å². The zero-order valence-electron chi connectivity index (χ0n) is 13.6. The molecule has 0 spiro atoms. The molecule has 0 saturated carbocycles. The molecule has 0 aromatic heterocycles. The van der Waals surface area contributed by atoms with E-state index in [-0.39, 0.29) is 23.1 Å². The normalized spacial score (nSPS) is 17.4. The first-order chi connectivity index (χ1) is 11.4. The highest BCUT2D eigenvalue weighted by molar-refractivity contribution is 6.33. The van der Waals surface area contributed by atoms with Crippen molar-refractivity contribution < 1.29 is 18.7 Å². The predicted octanol–water partition coefficient (Wildman–Crippen LogP) is 3.23. The molecule has 0 radical (unpaired) electrons. The van der Waals surface area contributed by atoms with Crippen LogP contribution in [-0.4, -0.2) is 17.9 Å². The largest absolute Gasteiger partial charge is 0.490 e. The standard InChI is InChI=1S/C18H17FN2O3/c1-10(2)24-16-8-15(14(19)7-11(16)9-20)21-17(22)12-5-3-4-6-13(12)18(21)23/h7-8,10H,3-6H2,1-2H3. The lowest BCUT2D eigenvalue weighted by Crippen LogP contribution is -2.32. The maximum absolute atomic E-state index is 14.5. The van der Waals surface area contributed by atoms with E-state index in [4.69, 9.17) is 10.00 Å². The number of carbonyl (C=O) groups excluding carboxylic acids is 2. The van der Waals surface area contributed by atoms with Gasteiger partial charge >= 0.3 is 0 Å². The van der Waals surface area contributed by atoms with Gasteiger partial charge in [0.25, 0.3) is 11.8 Å². The first kappa shape index (κ1) is 16.2. The number of amides is 2. The number of nitrogens with zero attached hydrogens (tertiary/aromatic N) is 2. The Morgan fingerprint density at radius 2 is 1.75 bits per heavy atom. The van der Waals surface area contributed by atoms with Crippen LogP contribution in [0.1, 0.15) is 45.1 Å². The van der Waals surface area contributed by atoms with Crippen molar-refractivity contribution in [1.82, 2.24) is 0 Å². The van der Waals surface area contributed by atoms with Crippen molar-refractivity contribution in [2.24, 2.45) is 0 Å². The molecule has 1 aliphatic carbocycles. The second-order valence-electron chi connectivity index (χ2n) is 6.19. The molecule has 1 aromatic rings. The third-order valence-corrected chi connectivity index (χ3v) is 4.16. The number of nitriles is 1. The third kappa shape index (κ3) is 2.56. The van der Waals surface area contributed by atoms with Crippen molar-refractivity contribution in [2.45, 2.75) is 45.6 Å². The molecular weight excluding hydrogens is 311 g/mol. The molecule has 124 valence electrons. The van der Waals surface area contributed by atoms with Crippen LogP contribution in [0.5, 0.6) is 5.75 Å². The van der Waals surface area contributed by atoms with Crippen molar-refractivity contribution in [3.63, 3.8) is 0 Å². The fraction of sp³-hybridized carbons (Fsp3) is 0.389. The molecule has 3 rings (SSSR count). The average molecular weight is 328 g/mol. The summed E-state index contributed by atoms with van der Waals surface area (Å²) < 4.78 is 20.0. The number of benzene rings is 1. The van der Waals surface area contributed by atoms with Crippen LogP contribution >= 0.6 is 0 Å². The molecule has 0 saturated heterocycles. The van der Waals surface area contributed by atoms with Gasteiger partial charge in [-0.2, -0.15) is 5.26 Å². The Kier molecular flexibility index (Phi) is 4.10. The minimum atomic E-state index is -0.788. The smallest absolute Gasteiger partial charge is 0.261 e. The Bertz CT molecular complexity index is 777. The monoisotopic (exact) mass is 328 g/mol. The molecule has 1 aromatic carbocycles. The van der Waals surface area contributed by atoms with Crippen molar-refractivity contribution in [3.8, 4) is 11.8 Å². The van der Waals surface area contributed by atoms with E-state index in [0.29, 0.717) is 24.0 Å². The molecule has 0 bridgehead atoms. The fourth-order valence-electron chi connectivity index (χ4n) is 3.11. The summed E-state index contributed by atoms with van der Waals surface area (Å²) in [7, 11) is 0. The summed E-state index contributed by atoms with van der Waals surface area (Å²) in [6.45, 7) is 3.55. The van der Waals surface area contributed by atoms with Gasteiger partial charge in [-0.1, -0.05) is 0 Å². The van der Waals surface area contributed by atoms with Gasteiger partial charge in [0.15, 0.2) is 0 Å². The van der Waals surface area contributed by atoms with Crippen LogP contribution in [0.25, 0.3) is 0 Å². The molecule has 0 atom stereocenters. The van der Waals surface area contributed by atoms with Crippen molar-refractivity contribution in [2.75, 3.05) is 4.90 Å². The highest BCUT2D eigenvalue weighted by Gasteiger charge is 2.41. The Morgan fingerprint density at radius 1 is 1.17 bits per heavy atom. The van der Waals surface area contributed by atoms with Crippen LogP contribution in [0, 0.1) is 17.1 Å². The minimum absolute atomic E-state index is 0.0294. The SMILES string of the molecule is CC(C)Oc1cc(N2C(=O)C3=C(CCCC3)C2=O)c(F)cc1C#N. The van der Waals surface area contributed by atoms with E-state index < -0.39 is 17.6 Å². The summed E-state index contributed by atoms with van der Waals surface area (Å²) in [5.41, 5.74) is 0.846. The topological polar surface area (TPSA) is 70.4 Å². The molecule has 0 N–H and O–H groups in total. The molecule has 1 heterocycles. The highest BCUT2D eigenvalue weighted by Crippen LogP contribution is 2.38. The lowest BCUT2D eigenvalue weighted by molar-refractivity contribution is -0.120. The zero-order chi connectivity index (χ0) is 17.4. The van der Waals surface area contributed by atoms with Crippen LogP contribution < -0.4 is 9.64 Å². The van der Waals surface area contributed by atoms with E-state index in [0.717, 1.165) is 23.8 Å². The molecule has 1 aliphatic heterocycles. The van der Waals surface area contributed by atoms with Gasteiger partial charge in [0.05, 0.1) is 17.4 Å². The Balaban J connectivity index is 2.06. The molecule has 6 heteroatoms. The summed E-state index contributed by atoms with van der Waals surface area (Å²) in [4.78, 5) is 26.0. The number of carbonyl (C=O) groups is 2. The summed E-state index contributed by atoms with van der Waals surface area (Å²) in [5.74, 6) is -1.55. The minimum Gasteiger partial charge on any atom is -0.490 e. The molecule has 5 nitrogen and oxygen atoms in total. The van der Waals surface area contributed by atoms with E-state index in [1.54, 1.807) is 13.8 Å². The molecule has 0 fully saturated rings. The quantitative estimate of drug-likeness (QED) is 0.799. The molecule has 2 aliphatic rings. The first-order valence-corrected chi connectivity index (χ1v) is 7.95. The number of hydrogen-bond acceptors (Lipinski definition) is 4. The Hall–Kier alpha value is -2.68. The van der Waals surface area contributed by atoms with Crippen molar-refractivity contribution >= 4 is 17.5 Å². The lowest BCUT2D eigenvalue weighted by Gasteiger charge is -2.19.